The number of carbonyl (C=O) groups is 1. The van der Waals surface area contributed by atoms with Gasteiger partial charge in [0.1, 0.15) is 5.75 Å². The maximum absolute atomic E-state index is 10.7. The highest BCUT2D eigenvalue weighted by Crippen LogP contribution is 2.24. The van der Waals surface area contributed by atoms with Gasteiger partial charge in [-0.2, -0.15) is 10.2 Å². The van der Waals surface area contributed by atoms with Gasteiger partial charge in [-0.1, -0.05) is 0 Å². The van der Waals surface area contributed by atoms with E-state index in [0.29, 0.717) is 17.7 Å². The van der Waals surface area contributed by atoms with Crippen molar-refractivity contribution in [3.05, 3.63) is 58.1 Å². The number of phenols is 1. The van der Waals surface area contributed by atoms with Crippen molar-refractivity contribution in [3.63, 3.8) is 0 Å². The van der Waals surface area contributed by atoms with E-state index >= 15 is 0 Å². The molecule has 0 aliphatic carbocycles. The van der Waals surface area contributed by atoms with E-state index in [1.54, 1.807) is 0 Å². The van der Waals surface area contributed by atoms with Crippen LogP contribution in [0.2, 0.25) is 0 Å². The fourth-order valence-electron chi connectivity index (χ4n) is 1.45. The Bertz CT molecular complexity index is 681. The van der Waals surface area contributed by atoms with Gasteiger partial charge in [-0.25, -0.2) is 0 Å². The maximum atomic E-state index is 10.7. The van der Waals surface area contributed by atoms with E-state index in [9.17, 15) is 20.0 Å². The third-order valence-corrected chi connectivity index (χ3v) is 2.48. The minimum Gasteiger partial charge on any atom is -0.507 e. The number of azo groups is 1. The Hall–Kier alpha value is -3.09. The molecule has 0 unspecified atom stereocenters. The molecule has 0 amide bonds. The van der Waals surface area contributed by atoms with Gasteiger partial charge in [-0.05, 0) is 30.3 Å². The third-order valence-electron chi connectivity index (χ3n) is 2.48. The van der Waals surface area contributed by atoms with Gasteiger partial charge in [-0.15, -0.1) is 0 Å². The van der Waals surface area contributed by atoms with Crippen LogP contribution in [0.3, 0.4) is 0 Å². The van der Waals surface area contributed by atoms with E-state index in [2.05, 4.69) is 10.2 Å². The van der Waals surface area contributed by atoms with Crippen molar-refractivity contribution in [2.75, 3.05) is 0 Å². The van der Waals surface area contributed by atoms with E-state index in [0.717, 1.165) is 0 Å². The molecule has 0 aliphatic heterocycles. The number of non-ortho nitro benzene ring substituents is 1. The van der Waals surface area contributed by atoms with Gasteiger partial charge >= 0.3 is 0 Å². The van der Waals surface area contributed by atoms with E-state index in [4.69, 9.17) is 0 Å². The highest BCUT2D eigenvalue weighted by molar-refractivity contribution is 5.80. The molecule has 1 N–H and O–H groups in total. The lowest BCUT2D eigenvalue weighted by Gasteiger charge is -1.97. The Kier molecular flexibility index (Phi) is 3.80. The van der Waals surface area contributed by atoms with Crippen molar-refractivity contribution in [1.29, 1.82) is 0 Å². The second kappa shape index (κ2) is 5.70. The predicted octanol–water partition coefficient (Wildman–Crippen LogP) is 3.53. The normalized spacial score (nSPS) is 10.6. The topological polar surface area (TPSA) is 105 Å². The number of hydrogen-bond acceptors (Lipinski definition) is 6. The Morgan fingerprint density at radius 2 is 1.65 bits per heavy atom. The SMILES string of the molecule is O=Cc1cc(N=Nc2ccc([N+](=O)[O-])cc2)ccc1O. The van der Waals surface area contributed by atoms with Crippen LogP contribution in [0.4, 0.5) is 17.1 Å². The monoisotopic (exact) mass is 271 g/mol. The van der Waals surface area contributed by atoms with Gasteiger partial charge in [0, 0.05) is 12.1 Å². The molecule has 0 bridgehead atoms. The Morgan fingerprint density at radius 1 is 1.05 bits per heavy atom. The summed E-state index contributed by atoms with van der Waals surface area (Å²) in [6.45, 7) is 0. The number of aromatic hydroxyl groups is 1. The lowest BCUT2D eigenvalue weighted by Crippen LogP contribution is -1.85. The summed E-state index contributed by atoms with van der Waals surface area (Å²) in [6.07, 6.45) is 0.514. The number of hydrogen-bond donors (Lipinski definition) is 1. The molecule has 7 heteroatoms. The van der Waals surface area contributed by atoms with Crippen molar-refractivity contribution in [2.24, 2.45) is 10.2 Å². The molecule has 2 rings (SSSR count). The van der Waals surface area contributed by atoms with Crippen molar-refractivity contribution < 1.29 is 14.8 Å². The lowest BCUT2D eigenvalue weighted by atomic mass is 10.2. The molecule has 0 fully saturated rings. The summed E-state index contributed by atoms with van der Waals surface area (Å²) in [5.74, 6) is -0.130. The fourth-order valence-corrected chi connectivity index (χ4v) is 1.45. The minimum atomic E-state index is -0.503. The highest BCUT2D eigenvalue weighted by Gasteiger charge is 2.04. The van der Waals surface area contributed by atoms with Crippen molar-refractivity contribution in [3.8, 4) is 5.75 Å². The molecular formula is C13H9N3O4. The zero-order valence-corrected chi connectivity index (χ0v) is 10.1. The fraction of sp³-hybridized carbons (Fsp3) is 0. The van der Waals surface area contributed by atoms with Gasteiger partial charge in [-0.3, -0.25) is 14.9 Å². The van der Waals surface area contributed by atoms with Crippen molar-refractivity contribution in [1.82, 2.24) is 0 Å². The quantitative estimate of drug-likeness (QED) is 0.397. The Balaban J connectivity index is 2.20. The highest BCUT2D eigenvalue weighted by atomic mass is 16.6. The van der Waals surface area contributed by atoms with Gasteiger partial charge < -0.3 is 5.11 Å². The van der Waals surface area contributed by atoms with Crippen LogP contribution < -0.4 is 0 Å². The molecule has 0 saturated carbocycles. The molecule has 0 heterocycles. The number of phenolic OH excluding ortho intramolecular Hbond substituents is 1. The lowest BCUT2D eigenvalue weighted by molar-refractivity contribution is -0.384. The van der Waals surface area contributed by atoms with Gasteiger partial charge in [0.2, 0.25) is 0 Å². The first-order valence-electron chi connectivity index (χ1n) is 5.54. The number of carbonyl (C=O) groups excluding carboxylic acids is 1. The van der Waals surface area contributed by atoms with E-state index in [1.165, 1.54) is 42.5 Å². The smallest absolute Gasteiger partial charge is 0.269 e. The van der Waals surface area contributed by atoms with Gasteiger partial charge in [0.05, 0.1) is 21.9 Å². The van der Waals surface area contributed by atoms with Crippen LogP contribution in [0.5, 0.6) is 5.75 Å². The zero-order valence-electron chi connectivity index (χ0n) is 10.1. The molecule has 7 nitrogen and oxygen atoms in total. The summed E-state index contributed by atoms with van der Waals surface area (Å²) in [5.41, 5.74) is 0.918. The summed E-state index contributed by atoms with van der Waals surface area (Å²) in [5, 5.41) is 27.6. The first-order chi connectivity index (χ1) is 9.60. The zero-order chi connectivity index (χ0) is 14.5. The molecule has 0 atom stereocenters. The van der Waals surface area contributed by atoms with Crippen molar-refractivity contribution >= 4 is 23.3 Å². The first kappa shape index (κ1) is 13.3. The summed E-state index contributed by atoms with van der Waals surface area (Å²) in [6, 6.07) is 9.79. The number of rotatable bonds is 4. The average molecular weight is 271 g/mol. The number of nitrogens with zero attached hydrogens (tertiary/aromatic N) is 3. The molecule has 2 aromatic rings. The summed E-state index contributed by atoms with van der Waals surface area (Å²) in [4.78, 5) is 20.6. The molecule has 2 aromatic carbocycles. The molecule has 20 heavy (non-hydrogen) atoms. The molecule has 0 radical (unpaired) electrons. The molecule has 100 valence electrons. The maximum Gasteiger partial charge on any atom is 0.269 e. The van der Waals surface area contributed by atoms with E-state index < -0.39 is 4.92 Å². The molecule has 0 saturated heterocycles. The molecular weight excluding hydrogens is 262 g/mol. The largest absolute Gasteiger partial charge is 0.507 e. The molecule has 0 aromatic heterocycles. The number of aldehydes is 1. The van der Waals surface area contributed by atoms with Crippen LogP contribution in [0.15, 0.2) is 52.7 Å². The van der Waals surface area contributed by atoms with Crippen molar-refractivity contribution in [2.45, 2.75) is 0 Å². The second-order valence-corrected chi connectivity index (χ2v) is 3.83. The summed E-state index contributed by atoms with van der Waals surface area (Å²) in [7, 11) is 0. The number of benzene rings is 2. The minimum absolute atomic E-state index is 0.0307. The number of nitro groups is 1. The van der Waals surface area contributed by atoms with Crippen LogP contribution in [0.1, 0.15) is 10.4 Å². The average Bonchev–Trinajstić information content (AvgIpc) is 2.46. The Morgan fingerprint density at radius 3 is 2.25 bits per heavy atom. The second-order valence-electron chi connectivity index (χ2n) is 3.83. The summed E-state index contributed by atoms with van der Waals surface area (Å²) < 4.78 is 0. The van der Waals surface area contributed by atoms with Crippen LogP contribution in [0.25, 0.3) is 0 Å². The van der Waals surface area contributed by atoms with Crippen LogP contribution in [-0.2, 0) is 0 Å². The molecule has 0 spiro atoms. The van der Waals surface area contributed by atoms with E-state index in [1.807, 2.05) is 0 Å². The molecule has 0 aliphatic rings. The van der Waals surface area contributed by atoms with Crippen LogP contribution >= 0.6 is 0 Å². The van der Waals surface area contributed by atoms with E-state index in [-0.39, 0.29) is 17.0 Å². The Labute approximate surface area is 113 Å². The standard InChI is InChI=1S/C13H9N3O4/c17-8-9-7-11(3-6-13(9)18)15-14-10-1-4-12(5-2-10)16(19)20/h1-8,18H. The predicted molar refractivity (Wildman–Crippen MR) is 70.8 cm³/mol. The summed E-state index contributed by atoms with van der Waals surface area (Å²) >= 11 is 0. The van der Waals surface area contributed by atoms with Crippen LogP contribution in [0, 0.1) is 10.1 Å². The van der Waals surface area contributed by atoms with Crippen LogP contribution in [-0.4, -0.2) is 16.3 Å². The number of nitro benzene ring substituents is 1. The van der Waals surface area contributed by atoms with Gasteiger partial charge in [0.15, 0.2) is 6.29 Å². The third kappa shape index (κ3) is 3.02. The first-order valence-corrected chi connectivity index (χ1v) is 5.54. The van der Waals surface area contributed by atoms with Gasteiger partial charge in [0.25, 0.3) is 5.69 Å².